The van der Waals surface area contributed by atoms with Gasteiger partial charge in [-0.3, -0.25) is 13.8 Å². The predicted octanol–water partition coefficient (Wildman–Crippen LogP) is 2.54. The Morgan fingerprint density at radius 2 is 1.90 bits per heavy atom. The number of rotatable bonds is 1. The summed E-state index contributed by atoms with van der Waals surface area (Å²) in [5.41, 5.74) is 0.335. The van der Waals surface area contributed by atoms with E-state index in [1.54, 1.807) is 4.57 Å². The van der Waals surface area contributed by atoms with Gasteiger partial charge in [-0.15, -0.1) is 21.8 Å². The molecule has 0 unspecified atom stereocenters. The quantitative estimate of drug-likeness (QED) is 0.647. The molecule has 2 heterocycles. The van der Waals surface area contributed by atoms with Crippen LogP contribution in [0.2, 0.25) is 0 Å². The summed E-state index contributed by atoms with van der Waals surface area (Å²) in [5, 5.41) is 8.90. The van der Waals surface area contributed by atoms with Crippen molar-refractivity contribution in [3.05, 3.63) is 40.4 Å². The largest absolute Gasteiger partial charge is 0.271 e. The Labute approximate surface area is 120 Å². The van der Waals surface area contributed by atoms with Crippen molar-refractivity contribution in [1.29, 1.82) is 0 Å². The third kappa shape index (κ3) is 1.73. The third-order valence-electron chi connectivity index (χ3n) is 3.28. The maximum absolute atomic E-state index is 12.7. The summed E-state index contributed by atoms with van der Waals surface area (Å²) >= 11 is 5.94. The molecule has 3 rings (SSSR count). The van der Waals surface area contributed by atoms with E-state index in [-0.39, 0.29) is 17.0 Å². The Hall–Kier alpha value is -1.88. The van der Waals surface area contributed by atoms with E-state index in [9.17, 15) is 4.79 Å². The number of para-hydroxylation sites is 1. The minimum atomic E-state index is -0.390. The molecule has 6 heteroatoms. The van der Waals surface area contributed by atoms with Crippen molar-refractivity contribution in [2.75, 3.05) is 0 Å². The first kappa shape index (κ1) is 13.1. The smallest absolute Gasteiger partial charge is 0.263 e. The summed E-state index contributed by atoms with van der Waals surface area (Å²) < 4.78 is 3.52. The fourth-order valence-electron chi connectivity index (χ4n) is 2.45. The van der Waals surface area contributed by atoms with Crippen molar-refractivity contribution in [3.8, 4) is 0 Å². The van der Waals surface area contributed by atoms with Gasteiger partial charge >= 0.3 is 0 Å². The average Bonchev–Trinajstić information content (AvgIpc) is 2.81. The lowest BCUT2D eigenvalue weighted by Crippen LogP contribution is -2.35. The first-order valence-corrected chi connectivity index (χ1v) is 6.93. The predicted molar refractivity (Wildman–Crippen MR) is 79.3 cm³/mol. The molecule has 3 aromatic rings. The Morgan fingerprint density at radius 1 is 1.20 bits per heavy atom. The molecule has 0 amide bonds. The van der Waals surface area contributed by atoms with E-state index in [0.717, 1.165) is 5.52 Å². The van der Waals surface area contributed by atoms with Gasteiger partial charge in [0, 0.05) is 5.54 Å². The van der Waals surface area contributed by atoms with Crippen LogP contribution < -0.4 is 5.56 Å². The van der Waals surface area contributed by atoms with Gasteiger partial charge in [0.05, 0.1) is 16.8 Å². The van der Waals surface area contributed by atoms with Gasteiger partial charge in [0.2, 0.25) is 5.78 Å². The zero-order valence-electron chi connectivity index (χ0n) is 11.6. The first-order chi connectivity index (χ1) is 9.45. The van der Waals surface area contributed by atoms with Crippen LogP contribution in [0.1, 0.15) is 26.6 Å². The second kappa shape index (κ2) is 4.31. The number of halogens is 1. The van der Waals surface area contributed by atoms with Gasteiger partial charge in [0.15, 0.2) is 5.82 Å². The van der Waals surface area contributed by atoms with Crippen molar-refractivity contribution >= 4 is 28.3 Å². The van der Waals surface area contributed by atoms with Gasteiger partial charge in [0.1, 0.15) is 0 Å². The lowest BCUT2D eigenvalue weighted by molar-refractivity contribution is 0.392. The third-order valence-corrected chi connectivity index (χ3v) is 3.52. The highest BCUT2D eigenvalue weighted by Crippen LogP contribution is 2.20. The number of hydrogen-bond donors (Lipinski definition) is 0. The van der Waals surface area contributed by atoms with Gasteiger partial charge in [-0.05, 0) is 32.9 Å². The normalized spacial score (nSPS) is 12.4. The van der Waals surface area contributed by atoms with E-state index in [0.29, 0.717) is 17.0 Å². The molecule has 20 heavy (non-hydrogen) atoms. The molecule has 0 aliphatic heterocycles. The molecule has 0 bridgehead atoms. The van der Waals surface area contributed by atoms with Crippen LogP contribution in [0.4, 0.5) is 0 Å². The van der Waals surface area contributed by atoms with Crippen LogP contribution in [-0.4, -0.2) is 19.2 Å². The first-order valence-electron chi connectivity index (χ1n) is 6.39. The van der Waals surface area contributed by atoms with Crippen LogP contribution in [0.25, 0.3) is 16.7 Å². The molecule has 0 radical (unpaired) electrons. The number of hydrogen-bond acceptors (Lipinski definition) is 3. The number of benzene rings is 1. The van der Waals surface area contributed by atoms with Crippen LogP contribution in [-0.2, 0) is 11.4 Å². The highest BCUT2D eigenvalue weighted by Gasteiger charge is 2.23. The fourth-order valence-corrected chi connectivity index (χ4v) is 2.62. The molecule has 0 spiro atoms. The summed E-state index contributed by atoms with van der Waals surface area (Å²) in [6.07, 6.45) is 0. The SMILES string of the molecule is CC(C)(C)n1c(=O)c2ccccc2n2c(CCl)nnc12. The Kier molecular flexibility index (Phi) is 2.83. The van der Waals surface area contributed by atoms with E-state index in [1.807, 2.05) is 49.4 Å². The number of nitrogens with zero attached hydrogens (tertiary/aromatic N) is 4. The van der Waals surface area contributed by atoms with E-state index >= 15 is 0 Å². The molecule has 2 aromatic heterocycles. The lowest BCUT2D eigenvalue weighted by Gasteiger charge is -2.23. The van der Waals surface area contributed by atoms with E-state index in [2.05, 4.69) is 10.2 Å². The lowest BCUT2D eigenvalue weighted by atomic mass is 10.1. The van der Waals surface area contributed by atoms with Crippen LogP contribution in [0, 0.1) is 0 Å². The maximum atomic E-state index is 12.7. The van der Waals surface area contributed by atoms with Crippen LogP contribution in [0.15, 0.2) is 29.1 Å². The summed E-state index contributed by atoms with van der Waals surface area (Å²) in [5.74, 6) is 1.40. The Morgan fingerprint density at radius 3 is 2.55 bits per heavy atom. The molecule has 0 aliphatic rings. The summed E-state index contributed by atoms with van der Waals surface area (Å²) in [6.45, 7) is 5.91. The number of fused-ring (bicyclic) bond motifs is 3. The van der Waals surface area contributed by atoms with Crippen molar-refractivity contribution in [1.82, 2.24) is 19.2 Å². The maximum Gasteiger partial charge on any atom is 0.263 e. The van der Waals surface area contributed by atoms with Crippen LogP contribution in [0.3, 0.4) is 0 Å². The zero-order valence-corrected chi connectivity index (χ0v) is 12.3. The molecular weight excluding hydrogens is 276 g/mol. The topological polar surface area (TPSA) is 52.2 Å². The van der Waals surface area contributed by atoms with Gasteiger partial charge in [-0.1, -0.05) is 12.1 Å². The van der Waals surface area contributed by atoms with Crippen molar-refractivity contribution < 1.29 is 0 Å². The second-order valence-corrected chi connectivity index (χ2v) is 5.98. The second-order valence-electron chi connectivity index (χ2n) is 5.71. The van der Waals surface area contributed by atoms with Gasteiger partial charge in [-0.25, -0.2) is 0 Å². The van der Waals surface area contributed by atoms with E-state index in [4.69, 9.17) is 11.6 Å². The van der Waals surface area contributed by atoms with Crippen LogP contribution >= 0.6 is 11.6 Å². The summed E-state index contributed by atoms with van der Waals surface area (Å²) in [7, 11) is 0. The standard InChI is InChI=1S/C14H15ClN4O/c1-14(2,3)19-12(20)9-6-4-5-7-10(9)18-11(8-15)16-17-13(18)19/h4-7H,8H2,1-3H3. The molecule has 0 atom stereocenters. The Balaban J connectivity index is 2.65. The summed E-state index contributed by atoms with van der Waals surface area (Å²) in [4.78, 5) is 12.7. The van der Waals surface area contributed by atoms with Gasteiger partial charge in [0.25, 0.3) is 5.56 Å². The minimum Gasteiger partial charge on any atom is -0.271 e. The molecule has 0 fully saturated rings. The number of aromatic nitrogens is 4. The molecule has 0 saturated carbocycles. The van der Waals surface area contributed by atoms with Crippen molar-refractivity contribution in [3.63, 3.8) is 0 Å². The van der Waals surface area contributed by atoms with Gasteiger partial charge in [-0.2, -0.15) is 0 Å². The van der Waals surface area contributed by atoms with Gasteiger partial charge < -0.3 is 0 Å². The average molecular weight is 291 g/mol. The highest BCUT2D eigenvalue weighted by molar-refractivity contribution is 6.16. The highest BCUT2D eigenvalue weighted by atomic mass is 35.5. The monoisotopic (exact) mass is 290 g/mol. The number of alkyl halides is 1. The van der Waals surface area contributed by atoms with E-state index < -0.39 is 0 Å². The van der Waals surface area contributed by atoms with Crippen molar-refractivity contribution in [2.24, 2.45) is 0 Å². The molecular formula is C14H15ClN4O. The van der Waals surface area contributed by atoms with Crippen molar-refractivity contribution in [2.45, 2.75) is 32.2 Å². The molecule has 104 valence electrons. The molecule has 1 aromatic carbocycles. The zero-order chi connectivity index (χ0) is 14.5. The minimum absolute atomic E-state index is 0.0610. The molecule has 5 nitrogen and oxygen atoms in total. The fraction of sp³-hybridized carbons (Fsp3) is 0.357. The molecule has 0 aliphatic carbocycles. The Bertz CT molecular complexity index is 857. The van der Waals surface area contributed by atoms with Crippen LogP contribution in [0.5, 0.6) is 0 Å². The molecule has 0 saturated heterocycles. The molecule has 0 N–H and O–H groups in total. The summed E-state index contributed by atoms with van der Waals surface area (Å²) in [6, 6.07) is 7.45. The van der Waals surface area contributed by atoms with E-state index in [1.165, 1.54) is 0 Å².